The molecule has 1 N–H and O–H groups in total. The fraction of sp³-hybridized carbons (Fsp3) is 0.375. The number of para-hydroxylation sites is 1. The molecule has 0 amide bonds. The van der Waals surface area contributed by atoms with Gasteiger partial charge in [-0.25, -0.2) is 4.98 Å². The van der Waals surface area contributed by atoms with Gasteiger partial charge in [-0.05, 0) is 19.2 Å². The third-order valence-electron chi connectivity index (χ3n) is 3.88. The predicted molar refractivity (Wildman–Crippen MR) is 88.7 cm³/mol. The number of likely N-dealkylation sites (N-methyl/N-ethyl adjacent to an activating group) is 1. The maximum atomic E-state index is 10.4. The maximum absolute atomic E-state index is 10.4. The Morgan fingerprint density at radius 3 is 2.73 bits per heavy atom. The van der Waals surface area contributed by atoms with Crippen molar-refractivity contribution in [2.45, 2.75) is 0 Å². The standard InChI is InChI=1S/C16H18N4OS/c1-19-6-8-20(9-7-19)11-14(21)12(10-17)16-18-13-4-2-3-5-15(13)22-16/h2-5,21H,6-9,11H2,1H3/b14-12-. The highest BCUT2D eigenvalue weighted by Gasteiger charge is 2.19. The van der Waals surface area contributed by atoms with E-state index in [2.05, 4.69) is 27.9 Å². The maximum Gasteiger partial charge on any atom is 0.138 e. The smallest absolute Gasteiger partial charge is 0.138 e. The molecule has 0 radical (unpaired) electrons. The molecule has 0 saturated carbocycles. The van der Waals surface area contributed by atoms with Gasteiger partial charge in [0.15, 0.2) is 0 Å². The van der Waals surface area contributed by atoms with E-state index in [0.29, 0.717) is 17.1 Å². The highest BCUT2D eigenvalue weighted by Crippen LogP contribution is 2.28. The number of allylic oxidation sites excluding steroid dienone is 1. The van der Waals surface area contributed by atoms with E-state index in [0.717, 1.165) is 36.4 Å². The topological polar surface area (TPSA) is 63.4 Å². The Morgan fingerprint density at radius 1 is 1.32 bits per heavy atom. The number of hydrogen-bond donors (Lipinski definition) is 1. The Balaban J connectivity index is 1.83. The zero-order valence-electron chi connectivity index (χ0n) is 12.5. The quantitative estimate of drug-likeness (QED) is 0.696. The summed E-state index contributed by atoms with van der Waals surface area (Å²) in [6, 6.07) is 9.88. The Kier molecular flexibility index (Phi) is 4.39. The molecule has 22 heavy (non-hydrogen) atoms. The first kappa shape index (κ1) is 15.0. The third kappa shape index (κ3) is 3.12. The van der Waals surface area contributed by atoms with E-state index in [1.807, 2.05) is 24.3 Å². The van der Waals surface area contributed by atoms with Crippen LogP contribution in [0.15, 0.2) is 30.0 Å². The lowest BCUT2D eigenvalue weighted by molar-refractivity contribution is 0.150. The summed E-state index contributed by atoms with van der Waals surface area (Å²) in [5, 5.41) is 20.4. The predicted octanol–water partition coefficient (Wildman–Crippen LogP) is 2.34. The Bertz CT molecular complexity index is 705. The molecule has 1 aliphatic rings. The van der Waals surface area contributed by atoms with E-state index in [9.17, 15) is 10.4 Å². The van der Waals surface area contributed by atoms with Crippen LogP contribution in [-0.2, 0) is 0 Å². The lowest BCUT2D eigenvalue weighted by Gasteiger charge is -2.32. The number of rotatable bonds is 3. The highest BCUT2D eigenvalue weighted by atomic mass is 32.1. The molecule has 1 aromatic carbocycles. The summed E-state index contributed by atoms with van der Waals surface area (Å²) < 4.78 is 1.03. The minimum Gasteiger partial charge on any atom is -0.509 e. The summed E-state index contributed by atoms with van der Waals surface area (Å²) in [5.41, 5.74) is 1.16. The molecule has 114 valence electrons. The molecule has 5 nitrogen and oxygen atoms in total. The van der Waals surface area contributed by atoms with Crippen LogP contribution in [0.4, 0.5) is 0 Å². The minimum absolute atomic E-state index is 0.117. The van der Waals surface area contributed by atoms with Gasteiger partial charge in [0.2, 0.25) is 0 Å². The minimum atomic E-state index is 0.117. The summed E-state index contributed by atoms with van der Waals surface area (Å²) in [6.45, 7) is 4.18. The van der Waals surface area contributed by atoms with Crippen molar-refractivity contribution in [3.05, 3.63) is 35.0 Å². The van der Waals surface area contributed by atoms with Gasteiger partial charge in [0.05, 0.1) is 16.8 Å². The molecule has 0 bridgehead atoms. The monoisotopic (exact) mass is 314 g/mol. The first-order valence-electron chi connectivity index (χ1n) is 7.26. The molecule has 1 aliphatic heterocycles. The number of fused-ring (bicyclic) bond motifs is 1. The van der Waals surface area contributed by atoms with Crippen molar-refractivity contribution >= 4 is 27.1 Å². The number of hydrogen-bond acceptors (Lipinski definition) is 6. The van der Waals surface area contributed by atoms with Crippen LogP contribution in [0.3, 0.4) is 0 Å². The molecule has 3 rings (SSSR count). The summed E-state index contributed by atoms with van der Waals surface area (Å²) in [4.78, 5) is 8.89. The Hall–Kier alpha value is -1.94. The molecule has 1 fully saturated rings. The van der Waals surface area contributed by atoms with Gasteiger partial charge in [0, 0.05) is 26.2 Å². The fourth-order valence-corrected chi connectivity index (χ4v) is 3.49. The zero-order chi connectivity index (χ0) is 15.5. The van der Waals surface area contributed by atoms with Crippen LogP contribution in [0.1, 0.15) is 5.01 Å². The summed E-state index contributed by atoms with van der Waals surface area (Å²) in [6.07, 6.45) is 0. The summed E-state index contributed by atoms with van der Waals surface area (Å²) in [7, 11) is 2.09. The van der Waals surface area contributed by atoms with E-state index >= 15 is 0 Å². The first-order valence-corrected chi connectivity index (χ1v) is 8.08. The molecule has 0 spiro atoms. The van der Waals surface area contributed by atoms with Crippen molar-refractivity contribution in [3.63, 3.8) is 0 Å². The van der Waals surface area contributed by atoms with Crippen LogP contribution in [0.25, 0.3) is 15.8 Å². The van der Waals surface area contributed by atoms with Gasteiger partial charge in [0.25, 0.3) is 0 Å². The molecule has 1 saturated heterocycles. The second-order valence-corrected chi connectivity index (χ2v) is 6.53. The van der Waals surface area contributed by atoms with Gasteiger partial charge in [-0.1, -0.05) is 12.1 Å². The Labute approximate surface area is 133 Å². The molecule has 6 heteroatoms. The molecule has 0 atom stereocenters. The van der Waals surface area contributed by atoms with E-state index < -0.39 is 0 Å². The number of nitrogens with zero attached hydrogens (tertiary/aromatic N) is 4. The van der Waals surface area contributed by atoms with Crippen molar-refractivity contribution < 1.29 is 5.11 Å². The van der Waals surface area contributed by atoms with Gasteiger partial charge in [0.1, 0.15) is 22.4 Å². The van der Waals surface area contributed by atoms with Crippen LogP contribution in [0.2, 0.25) is 0 Å². The SMILES string of the molecule is CN1CCN(C/C(O)=C(\C#N)c2nc3ccccc3s2)CC1. The summed E-state index contributed by atoms with van der Waals surface area (Å²) in [5.74, 6) is 0.117. The Morgan fingerprint density at radius 2 is 2.05 bits per heavy atom. The van der Waals surface area contributed by atoms with Crippen LogP contribution >= 0.6 is 11.3 Å². The lowest BCUT2D eigenvalue weighted by atomic mass is 10.2. The first-order chi connectivity index (χ1) is 10.7. The van der Waals surface area contributed by atoms with Crippen LogP contribution in [0.5, 0.6) is 0 Å². The fourth-order valence-electron chi connectivity index (χ4n) is 2.51. The number of nitriles is 1. The van der Waals surface area contributed by atoms with Gasteiger partial charge in [-0.3, -0.25) is 4.90 Å². The van der Waals surface area contributed by atoms with Gasteiger partial charge in [-0.2, -0.15) is 5.26 Å². The van der Waals surface area contributed by atoms with Crippen molar-refractivity contribution in [2.24, 2.45) is 0 Å². The van der Waals surface area contributed by atoms with E-state index in [1.165, 1.54) is 11.3 Å². The van der Waals surface area contributed by atoms with Crippen molar-refractivity contribution in [1.29, 1.82) is 5.26 Å². The van der Waals surface area contributed by atoms with Crippen LogP contribution < -0.4 is 0 Å². The average Bonchev–Trinajstić information content (AvgIpc) is 2.94. The number of aliphatic hydroxyl groups excluding tert-OH is 1. The zero-order valence-corrected chi connectivity index (χ0v) is 13.3. The molecule has 0 unspecified atom stereocenters. The number of aliphatic hydroxyl groups is 1. The van der Waals surface area contributed by atoms with Crippen LogP contribution in [-0.4, -0.2) is 59.7 Å². The van der Waals surface area contributed by atoms with Gasteiger partial charge in [-0.15, -0.1) is 11.3 Å². The largest absolute Gasteiger partial charge is 0.509 e. The van der Waals surface area contributed by atoms with Crippen molar-refractivity contribution in [2.75, 3.05) is 39.8 Å². The highest BCUT2D eigenvalue weighted by molar-refractivity contribution is 7.19. The average molecular weight is 314 g/mol. The number of thiazole rings is 1. The van der Waals surface area contributed by atoms with Crippen molar-refractivity contribution in [3.8, 4) is 6.07 Å². The van der Waals surface area contributed by atoms with E-state index in [-0.39, 0.29) is 5.76 Å². The second-order valence-electron chi connectivity index (χ2n) is 5.50. The molecule has 2 aromatic rings. The number of piperazine rings is 1. The molecule has 2 heterocycles. The normalized spacial score (nSPS) is 18.2. The molecule has 0 aliphatic carbocycles. The molecular formula is C16H18N4OS. The van der Waals surface area contributed by atoms with Crippen molar-refractivity contribution in [1.82, 2.24) is 14.8 Å². The van der Waals surface area contributed by atoms with E-state index in [4.69, 9.17) is 0 Å². The second kappa shape index (κ2) is 6.44. The third-order valence-corrected chi connectivity index (χ3v) is 4.93. The van der Waals surface area contributed by atoms with Gasteiger partial charge >= 0.3 is 0 Å². The summed E-state index contributed by atoms with van der Waals surface area (Å²) >= 11 is 1.44. The van der Waals surface area contributed by atoms with Crippen LogP contribution in [0, 0.1) is 11.3 Å². The molecular weight excluding hydrogens is 296 g/mol. The number of aromatic nitrogens is 1. The molecule has 1 aromatic heterocycles. The number of benzene rings is 1. The lowest BCUT2D eigenvalue weighted by Crippen LogP contribution is -2.45. The van der Waals surface area contributed by atoms with E-state index in [1.54, 1.807) is 0 Å². The van der Waals surface area contributed by atoms with Gasteiger partial charge < -0.3 is 10.0 Å².